The molecule has 1 rings (SSSR count). The molecule has 6 N–H and O–H groups in total. The van der Waals surface area contributed by atoms with Gasteiger partial charge < -0.3 is 26.6 Å². The number of nitrogens with two attached hydrogens (primary N) is 1. The molecule has 0 bridgehead atoms. The van der Waals surface area contributed by atoms with Crippen molar-refractivity contribution in [2.45, 2.75) is 33.1 Å². The maximum absolute atomic E-state index is 10.6. The van der Waals surface area contributed by atoms with Crippen LogP contribution < -0.4 is 16.4 Å². The molecule has 0 atom stereocenters. The molecular formula is C15H23F6N5O4. The molecule has 1 heterocycles. The number of carboxylic acid groups (broad SMARTS) is 2. The summed E-state index contributed by atoms with van der Waals surface area (Å²) in [6.45, 7) is 8.64. The summed E-state index contributed by atoms with van der Waals surface area (Å²) in [5.74, 6) is -4.06. The number of rotatable bonds is 5. The number of hydrogen-bond acceptors (Lipinski definition) is 7. The summed E-state index contributed by atoms with van der Waals surface area (Å²) < 4.78 is 63.5. The van der Waals surface area contributed by atoms with Crippen LogP contribution in [-0.4, -0.2) is 64.1 Å². The minimum atomic E-state index is -5.08. The lowest BCUT2D eigenvalue weighted by Crippen LogP contribution is -2.21. The Morgan fingerprint density at radius 3 is 1.77 bits per heavy atom. The average molecular weight is 451 g/mol. The first-order chi connectivity index (χ1) is 13.4. The van der Waals surface area contributed by atoms with Crippen molar-refractivity contribution in [2.75, 3.05) is 30.3 Å². The highest BCUT2D eigenvalue weighted by molar-refractivity contribution is 5.73. The van der Waals surface area contributed by atoms with Crippen LogP contribution in [0.4, 0.5) is 38.1 Å². The number of aromatic nitrogens is 2. The largest absolute Gasteiger partial charge is 0.490 e. The van der Waals surface area contributed by atoms with Crippen molar-refractivity contribution in [3.05, 3.63) is 12.3 Å². The third kappa shape index (κ3) is 17.3. The van der Waals surface area contributed by atoms with Crippen molar-refractivity contribution in [1.82, 2.24) is 9.97 Å². The van der Waals surface area contributed by atoms with E-state index >= 15 is 0 Å². The van der Waals surface area contributed by atoms with Crippen molar-refractivity contribution in [3.63, 3.8) is 0 Å². The van der Waals surface area contributed by atoms with E-state index in [2.05, 4.69) is 41.4 Å². The maximum atomic E-state index is 10.6. The second-order valence-corrected chi connectivity index (χ2v) is 6.50. The van der Waals surface area contributed by atoms with Gasteiger partial charge in [-0.1, -0.05) is 20.8 Å². The Bertz CT molecular complexity index is 638. The minimum Gasteiger partial charge on any atom is -0.475 e. The molecule has 0 aliphatic heterocycles. The van der Waals surface area contributed by atoms with E-state index in [1.54, 1.807) is 6.20 Å². The molecule has 9 nitrogen and oxygen atoms in total. The fourth-order valence-electron chi connectivity index (χ4n) is 1.09. The summed E-state index contributed by atoms with van der Waals surface area (Å²) in [5.41, 5.74) is 5.62. The normalized spacial score (nSPS) is 11.3. The molecular weight excluding hydrogens is 428 g/mol. The SMILES string of the molecule is CC(C)(C)CNc1nccc(NCCN)n1.O=C(O)C(F)(F)F.O=C(O)C(F)(F)F. The standard InChI is InChI=1S/C11H21N5.2C2HF3O2/c1-11(2,3)8-15-10-14-6-4-9(16-10)13-7-5-12;2*3-2(4,5)1(6)7/h4,6H,5,7-8,12H2,1-3H3,(H2,13,14,15,16);2*(H,6,7). The zero-order chi connectivity index (χ0) is 24.2. The quantitative estimate of drug-likeness (QED) is 0.426. The summed E-state index contributed by atoms with van der Waals surface area (Å²) in [7, 11) is 0. The molecule has 0 saturated heterocycles. The van der Waals surface area contributed by atoms with Crippen molar-refractivity contribution in [3.8, 4) is 0 Å². The molecule has 30 heavy (non-hydrogen) atoms. The Balaban J connectivity index is 0. The number of hydrogen-bond donors (Lipinski definition) is 5. The van der Waals surface area contributed by atoms with Crippen molar-refractivity contribution >= 4 is 23.7 Å². The molecule has 1 aromatic rings. The molecule has 0 amide bonds. The Kier molecular flexibility index (Phi) is 12.4. The third-order valence-electron chi connectivity index (χ3n) is 2.37. The molecule has 0 fully saturated rings. The van der Waals surface area contributed by atoms with Crippen LogP contribution in [0.2, 0.25) is 0 Å². The first kappa shape index (κ1) is 29.4. The fourth-order valence-corrected chi connectivity index (χ4v) is 1.09. The van der Waals surface area contributed by atoms with E-state index in [1.807, 2.05) is 6.07 Å². The second kappa shape index (κ2) is 12.7. The van der Waals surface area contributed by atoms with Gasteiger partial charge in [0.05, 0.1) is 0 Å². The molecule has 0 saturated carbocycles. The number of carboxylic acids is 2. The van der Waals surface area contributed by atoms with E-state index in [-0.39, 0.29) is 5.41 Å². The van der Waals surface area contributed by atoms with Gasteiger partial charge in [-0.05, 0) is 11.5 Å². The van der Waals surface area contributed by atoms with Gasteiger partial charge in [0, 0.05) is 25.8 Å². The number of halogens is 6. The topological polar surface area (TPSA) is 150 Å². The second-order valence-electron chi connectivity index (χ2n) is 6.50. The predicted molar refractivity (Wildman–Crippen MR) is 94.9 cm³/mol. The fraction of sp³-hybridized carbons (Fsp3) is 0.600. The highest BCUT2D eigenvalue weighted by atomic mass is 19.4. The summed E-state index contributed by atoms with van der Waals surface area (Å²) in [4.78, 5) is 26.3. The van der Waals surface area contributed by atoms with E-state index in [9.17, 15) is 26.3 Å². The molecule has 15 heteroatoms. The van der Waals surface area contributed by atoms with Crippen LogP contribution in [0.3, 0.4) is 0 Å². The highest BCUT2D eigenvalue weighted by Crippen LogP contribution is 2.14. The lowest BCUT2D eigenvalue weighted by molar-refractivity contribution is -0.193. The Labute approximate surface area is 167 Å². The maximum Gasteiger partial charge on any atom is 0.490 e. The highest BCUT2D eigenvalue weighted by Gasteiger charge is 2.38. The number of nitrogens with zero attached hydrogens (tertiary/aromatic N) is 2. The summed E-state index contributed by atoms with van der Waals surface area (Å²) >= 11 is 0. The molecule has 0 spiro atoms. The molecule has 0 aliphatic rings. The number of carbonyl (C=O) groups is 2. The van der Waals surface area contributed by atoms with Crippen LogP contribution in [0.25, 0.3) is 0 Å². The lowest BCUT2D eigenvalue weighted by Gasteiger charge is -2.18. The summed E-state index contributed by atoms with van der Waals surface area (Å²) in [6.07, 6.45) is -8.43. The van der Waals surface area contributed by atoms with Gasteiger partial charge in [-0.3, -0.25) is 0 Å². The Hall–Kier alpha value is -2.84. The summed E-state index contributed by atoms with van der Waals surface area (Å²) in [6, 6.07) is 1.83. The minimum absolute atomic E-state index is 0.212. The first-order valence-corrected chi connectivity index (χ1v) is 8.01. The zero-order valence-electron chi connectivity index (χ0n) is 16.2. The first-order valence-electron chi connectivity index (χ1n) is 8.01. The van der Waals surface area contributed by atoms with E-state index in [4.69, 9.17) is 25.5 Å². The number of nitrogens with one attached hydrogen (secondary N) is 2. The monoisotopic (exact) mass is 451 g/mol. The van der Waals surface area contributed by atoms with Crippen LogP contribution in [0.5, 0.6) is 0 Å². The average Bonchev–Trinajstić information content (AvgIpc) is 2.57. The van der Waals surface area contributed by atoms with Crippen molar-refractivity contribution in [1.29, 1.82) is 0 Å². The molecule has 0 aromatic carbocycles. The van der Waals surface area contributed by atoms with Crippen LogP contribution in [0, 0.1) is 5.41 Å². The van der Waals surface area contributed by atoms with Gasteiger partial charge >= 0.3 is 24.3 Å². The molecule has 0 unspecified atom stereocenters. The Morgan fingerprint density at radius 1 is 1.00 bits per heavy atom. The third-order valence-corrected chi connectivity index (χ3v) is 2.37. The molecule has 0 radical (unpaired) electrons. The van der Waals surface area contributed by atoms with Gasteiger partial charge in [-0.15, -0.1) is 0 Å². The van der Waals surface area contributed by atoms with Gasteiger partial charge in [0.15, 0.2) is 0 Å². The van der Waals surface area contributed by atoms with E-state index in [0.717, 1.165) is 18.9 Å². The van der Waals surface area contributed by atoms with Crippen LogP contribution in [-0.2, 0) is 9.59 Å². The van der Waals surface area contributed by atoms with Gasteiger partial charge in [-0.2, -0.15) is 31.3 Å². The summed E-state index contributed by atoms with van der Waals surface area (Å²) in [5, 5.41) is 20.6. The molecule has 174 valence electrons. The molecule has 0 aliphatic carbocycles. The van der Waals surface area contributed by atoms with E-state index in [1.165, 1.54) is 0 Å². The number of anilines is 2. The van der Waals surface area contributed by atoms with Crippen molar-refractivity contribution in [2.24, 2.45) is 11.1 Å². The predicted octanol–water partition coefficient (Wildman–Crippen LogP) is 2.57. The van der Waals surface area contributed by atoms with Gasteiger partial charge in [0.25, 0.3) is 0 Å². The zero-order valence-corrected chi connectivity index (χ0v) is 16.2. The molecule has 1 aromatic heterocycles. The van der Waals surface area contributed by atoms with E-state index in [0.29, 0.717) is 12.5 Å². The smallest absolute Gasteiger partial charge is 0.475 e. The number of aliphatic carboxylic acids is 2. The van der Waals surface area contributed by atoms with Gasteiger partial charge in [0.2, 0.25) is 5.95 Å². The Morgan fingerprint density at radius 2 is 1.43 bits per heavy atom. The van der Waals surface area contributed by atoms with Gasteiger partial charge in [-0.25, -0.2) is 14.6 Å². The van der Waals surface area contributed by atoms with Gasteiger partial charge in [0.1, 0.15) is 5.82 Å². The lowest BCUT2D eigenvalue weighted by atomic mass is 9.97. The van der Waals surface area contributed by atoms with E-state index < -0.39 is 24.3 Å². The number of alkyl halides is 6. The van der Waals surface area contributed by atoms with Crippen LogP contribution >= 0.6 is 0 Å². The van der Waals surface area contributed by atoms with Crippen LogP contribution in [0.1, 0.15) is 20.8 Å². The van der Waals surface area contributed by atoms with Crippen molar-refractivity contribution < 1.29 is 46.1 Å². The van der Waals surface area contributed by atoms with Crippen LogP contribution in [0.15, 0.2) is 12.3 Å².